The van der Waals surface area contributed by atoms with Gasteiger partial charge in [-0.25, -0.2) is 0 Å². The van der Waals surface area contributed by atoms with Crippen molar-refractivity contribution in [2.24, 2.45) is 17.6 Å². The van der Waals surface area contributed by atoms with Crippen LogP contribution in [-0.2, 0) is 4.79 Å². The number of hydrogen-bond donors (Lipinski definition) is 1. The minimum absolute atomic E-state index is 0.182. The summed E-state index contributed by atoms with van der Waals surface area (Å²) in [6.07, 6.45) is 5.48. The molecule has 13 heavy (non-hydrogen) atoms. The molecule has 1 aliphatic carbocycles. The Morgan fingerprint density at radius 3 is 2.23 bits per heavy atom. The van der Waals surface area contributed by atoms with Crippen LogP contribution >= 0.6 is 0 Å². The van der Waals surface area contributed by atoms with Gasteiger partial charge in [0.1, 0.15) is 0 Å². The van der Waals surface area contributed by atoms with Crippen molar-refractivity contribution >= 4 is 5.91 Å². The summed E-state index contributed by atoms with van der Waals surface area (Å²) in [5, 5.41) is 0. The maximum Gasteiger partial charge on any atom is 0.231 e. The molecular formula is C10H18N2O. The third-order valence-corrected chi connectivity index (χ3v) is 3.43. The molecule has 1 amide bonds. The Bertz CT molecular complexity index is 191. The average molecular weight is 182 g/mol. The molecule has 2 N–H and O–H groups in total. The quantitative estimate of drug-likeness (QED) is 0.679. The lowest BCUT2D eigenvalue weighted by Gasteiger charge is -2.23. The minimum Gasteiger partial charge on any atom is -0.369 e. The molecule has 2 rings (SSSR count). The zero-order valence-corrected chi connectivity index (χ0v) is 8.04. The fourth-order valence-corrected chi connectivity index (χ4v) is 2.85. The van der Waals surface area contributed by atoms with Gasteiger partial charge in [0, 0.05) is 13.1 Å². The second-order valence-corrected chi connectivity index (χ2v) is 4.47. The second kappa shape index (κ2) is 3.66. The van der Waals surface area contributed by atoms with Crippen LogP contribution in [0.2, 0.25) is 0 Å². The molecule has 1 saturated carbocycles. The number of primary amides is 1. The highest BCUT2D eigenvalue weighted by Gasteiger charge is 2.34. The van der Waals surface area contributed by atoms with Crippen LogP contribution in [-0.4, -0.2) is 30.4 Å². The molecule has 2 fully saturated rings. The Kier molecular flexibility index (Phi) is 2.54. The summed E-state index contributed by atoms with van der Waals surface area (Å²) in [5.41, 5.74) is 5.18. The maximum atomic E-state index is 10.7. The molecule has 0 unspecified atom stereocenters. The summed E-state index contributed by atoms with van der Waals surface area (Å²) >= 11 is 0. The van der Waals surface area contributed by atoms with E-state index in [4.69, 9.17) is 5.73 Å². The molecule has 0 aromatic heterocycles. The van der Waals surface area contributed by atoms with Gasteiger partial charge in [-0.1, -0.05) is 12.8 Å². The predicted molar refractivity (Wildman–Crippen MR) is 51.1 cm³/mol. The summed E-state index contributed by atoms with van der Waals surface area (Å²) in [6.45, 7) is 2.67. The lowest BCUT2D eigenvalue weighted by molar-refractivity contribution is -0.118. The largest absolute Gasteiger partial charge is 0.369 e. The van der Waals surface area contributed by atoms with Gasteiger partial charge in [0.25, 0.3) is 0 Å². The normalized spacial score (nSPS) is 34.5. The van der Waals surface area contributed by atoms with Gasteiger partial charge in [0.2, 0.25) is 5.91 Å². The van der Waals surface area contributed by atoms with Crippen molar-refractivity contribution in [2.45, 2.75) is 25.7 Å². The maximum absolute atomic E-state index is 10.7. The molecule has 2 atom stereocenters. The number of nitrogens with zero attached hydrogens (tertiary/aromatic N) is 1. The van der Waals surface area contributed by atoms with Gasteiger partial charge in [-0.2, -0.15) is 0 Å². The number of carbonyl (C=O) groups is 1. The number of nitrogens with two attached hydrogens (primary N) is 1. The SMILES string of the molecule is NC(=O)CN1C[C@H]2CCCC[C@H]2C1. The van der Waals surface area contributed by atoms with E-state index in [9.17, 15) is 4.79 Å². The van der Waals surface area contributed by atoms with Crippen LogP contribution in [0, 0.1) is 11.8 Å². The van der Waals surface area contributed by atoms with Crippen LogP contribution in [0.3, 0.4) is 0 Å². The van der Waals surface area contributed by atoms with Gasteiger partial charge >= 0.3 is 0 Å². The van der Waals surface area contributed by atoms with E-state index in [1.165, 1.54) is 25.7 Å². The van der Waals surface area contributed by atoms with E-state index in [1.807, 2.05) is 0 Å². The Morgan fingerprint density at radius 2 is 1.77 bits per heavy atom. The molecule has 3 nitrogen and oxygen atoms in total. The topological polar surface area (TPSA) is 46.3 Å². The molecule has 2 aliphatic rings. The molecule has 3 heteroatoms. The highest BCUT2D eigenvalue weighted by Crippen LogP contribution is 2.35. The van der Waals surface area contributed by atoms with E-state index >= 15 is 0 Å². The molecule has 0 spiro atoms. The minimum atomic E-state index is -0.182. The first kappa shape index (κ1) is 9.00. The van der Waals surface area contributed by atoms with Crippen LogP contribution in [0.4, 0.5) is 0 Å². The van der Waals surface area contributed by atoms with Gasteiger partial charge in [-0.05, 0) is 24.7 Å². The second-order valence-electron chi connectivity index (χ2n) is 4.47. The van der Waals surface area contributed by atoms with Crippen LogP contribution in [0.1, 0.15) is 25.7 Å². The third-order valence-electron chi connectivity index (χ3n) is 3.43. The lowest BCUT2D eigenvalue weighted by atomic mass is 9.82. The molecule has 0 aromatic carbocycles. The van der Waals surface area contributed by atoms with E-state index in [0.717, 1.165) is 24.9 Å². The van der Waals surface area contributed by atoms with Crippen molar-refractivity contribution in [1.82, 2.24) is 4.90 Å². The van der Waals surface area contributed by atoms with Crippen LogP contribution in [0.5, 0.6) is 0 Å². The van der Waals surface area contributed by atoms with Crippen LogP contribution in [0.25, 0.3) is 0 Å². The van der Waals surface area contributed by atoms with Crippen LogP contribution < -0.4 is 5.73 Å². The first-order valence-electron chi connectivity index (χ1n) is 5.26. The zero-order chi connectivity index (χ0) is 9.26. The van der Waals surface area contributed by atoms with E-state index < -0.39 is 0 Å². The Morgan fingerprint density at radius 1 is 1.23 bits per heavy atom. The molecule has 0 bridgehead atoms. The monoisotopic (exact) mass is 182 g/mol. The number of fused-ring (bicyclic) bond motifs is 1. The van der Waals surface area contributed by atoms with Crippen molar-refractivity contribution in [1.29, 1.82) is 0 Å². The zero-order valence-electron chi connectivity index (χ0n) is 8.04. The van der Waals surface area contributed by atoms with Crippen molar-refractivity contribution in [3.8, 4) is 0 Å². The Labute approximate surface area is 79.3 Å². The summed E-state index contributed by atoms with van der Waals surface area (Å²) in [7, 11) is 0. The van der Waals surface area contributed by atoms with Gasteiger partial charge < -0.3 is 5.73 Å². The highest BCUT2D eigenvalue weighted by molar-refractivity contribution is 5.75. The Balaban J connectivity index is 1.87. The molecule has 1 saturated heterocycles. The van der Waals surface area contributed by atoms with Gasteiger partial charge in [-0.3, -0.25) is 9.69 Å². The molecular weight excluding hydrogens is 164 g/mol. The van der Waals surface area contributed by atoms with Crippen molar-refractivity contribution in [2.75, 3.05) is 19.6 Å². The predicted octanol–water partition coefficient (Wildman–Crippen LogP) is 0.594. The highest BCUT2D eigenvalue weighted by atomic mass is 16.1. The number of likely N-dealkylation sites (tertiary alicyclic amines) is 1. The molecule has 74 valence electrons. The first-order chi connectivity index (χ1) is 6.25. The molecule has 1 aliphatic heterocycles. The van der Waals surface area contributed by atoms with Gasteiger partial charge in [-0.15, -0.1) is 0 Å². The summed E-state index contributed by atoms with van der Waals surface area (Å²) in [6, 6.07) is 0. The Hall–Kier alpha value is -0.570. The standard InChI is InChI=1S/C10H18N2O/c11-10(13)7-12-5-8-3-1-2-4-9(8)6-12/h8-9H,1-7H2,(H2,11,13)/t8-,9+. The fraction of sp³-hybridized carbons (Fsp3) is 0.900. The van der Waals surface area contributed by atoms with Gasteiger partial charge in [0.15, 0.2) is 0 Å². The number of carbonyl (C=O) groups excluding carboxylic acids is 1. The number of amides is 1. The van der Waals surface area contributed by atoms with Crippen LogP contribution in [0.15, 0.2) is 0 Å². The first-order valence-corrected chi connectivity index (χ1v) is 5.26. The molecule has 1 heterocycles. The van der Waals surface area contributed by atoms with E-state index in [-0.39, 0.29) is 5.91 Å². The fourth-order valence-electron chi connectivity index (χ4n) is 2.85. The average Bonchev–Trinajstić information content (AvgIpc) is 2.44. The summed E-state index contributed by atoms with van der Waals surface area (Å²) in [4.78, 5) is 13.0. The van der Waals surface area contributed by atoms with Gasteiger partial charge in [0.05, 0.1) is 6.54 Å². The summed E-state index contributed by atoms with van der Waals surface area (Å²) in [5.74, 6) is 1.53. The molecule has 0 aromatic rings. The van der Waals surface area contributed by atoms with E-state index in [2.05, 4.69) is 4.90 Å². The van der Waals surface area contributed by atoms with Crippen molar-refractivity contribution in [3.63, 3.8) is 0 Å². The smallest absolute Gasteiger partial charge is 0.231 e. The van der Waals surface area contributed by atoms with E-state index in [0.29, 0.717) is 6.54 Å². The van der Waals surface area contributed by atoms with Crippen molar-refractivity contribution < 1.29 is 4.79 Å². The summed E-state index contributed by atoms with van der Waals surface area (Å²) < 4.78 is 0. The number of hydrogen-bond acceptors (Lipinski definition) is 2. The lowest BCUT2D eigenvalue weighted by Crippen LogP contribution is -2.32. The van der Waals surface area contributed by atoms with E-state index in [1.54, 1.807) is 0 Å². The number of rotatable bonds is 2. The van der Waals surface area contributed by atoms with Crippen molar-refractivity contribution in [3.05, 3.63) is 0 Å². The molecule has 0 radical (unpaired) electrons. The third kappa shape index (κ3) is 2.02.